The van der Waals surface area contributed by atoms with Gasteiger partial charge in [0.1, 0.15) is 0 Å². The molecule has 5 nitrogen and oxygen atoms in total. The predicted octanol–water partition coefficient (Wildman–Crippen LogP) is 6.01. The Balaban J connectivity index is 1.39. The van der Waals surface area contributed by atoms with Gasteiger partial charge in [-0.3, -0.25) is 4.79 Å². The van der Waals surface area contributed by atoms with Crippen molar-refractivity contribution in [3.05, 3.63) is 86.9 Å². The van der Waals surface area contributed by atoms with Crippen LogP contribution in [0.25, 0.3) is 0 Å². The van der Waals surface area contributed by atoms with Gasteiger partial charge in [0.05, 0.1) is 23.2 Å². The summed E-state index contributed by atoms with van der Waals surface area (Å²) in [4.78, 5) is 17.4. The first kappa shape index (κ1) is 22.2. The van der Waals surface area contributed by atoms with Gasteiger partial charge in [-0.2, -0.15) is 0 Å². The van der Waals surface area contributed by atoms with Gasteiger partial charge in [-0.1, -0.05) is 53.0 Å². The highest BCUT2D eigenvalue weighted by Gasteiger charge is 2.32. The molecule has 170 valence electrons. The van der Waals surface area contributed by atoms with Crippen molar-refractivity contribution in [1.82, 2.24) is 4.90 Å². The lowest BCUT2D eigenvalue weighted by Gasteiger charge is -2.43. The predicted molar refractivity (Wildman–Crippen MR) is 131 cm³/mol. The fraction of sp³-hybridized carbons (Fsp3) is 0.240. The molecule has 1 fully saturated rings. The van der Waals surface area contributed by atoms with E-state index in [0.717, 1.165) is 16.8 Å². The van der Waals surface area contributed by atoms with Crippen LogP contribution in [0.4, 0.5) is 5.69 Å². The second kappa shape index (κ2) is 9.34. The molecule has 0 spiro atoms. The first-order chi connectivity index (χ1) is 16.0. The molecule has 33 heavy (non-hydrogen) atoms. The molecule has 1 atom stereocenters. The summed E-state index contributed by atoms with van der Waals surface area (Å²) in [5, 5.41) is 1.84. The molecule has 0 aromatic heterocycles. The van der Waals surface area contributed by atoms with Crippen LogP contribution in [0.3, 0.4) is 0 Å². The van der Waals surface area contributed by atoms with Crippen LogP contribution in [-0.4, -0.2) is 37.2 Å². The van der Waals surface area contributed by atoms with E-state index >= 15 is 0 Å². The molecule has 1 saturated heterocycles. The minimum absolute atomic E-state index is 0.0645. The number of nitrogens with zero attached hydrogens (tertiary/aromatic N) is 2. The number of halogens is 3. The summed E-state index contributed by atoms with van der Waals surface area (Å²) in [6.45, 7) is 1.97. The lowest BCUT2D eigenvalue weighted by molar-refractivity contribution is -0.131. The van der Waals surface area contributed by atoms with Crippen LogP contribution in [0, 0.1) is 0 Å². The number of benzene rings is 3. The zero-order valence-corrected chi connectivity index (χ0v) is 19.9. The number of hydrogen-bond donors (Lipinski definition) is 0. The third-order valence-corrected chi connectivity index (χ3v) is 6.79. The highest BCUT2D eigenvalue weighted by Crippen LogP contribution is 2.37. The van der Waals surface area contributed by atoms with E-state index in [4.69, 9.17) is 44.3 Å². The van der Waals surface area contributed by atoms with Crippen molar-refractivity contribution in [2.75, 3.05) is 31.3 Å². The van der Waals surface area contributed by atoms with Crippen LogP contribution >= 0.6 is 34.8 Å². The topological polar surface area (TPSA) is 42.0 Å². The molecule has 0 bridgehead atoms. The minimum Gasteiger partial charge on any atom is -0.454 e. The summed E-state index contributed by atoms with van der Waals surface area (Å²) in [7, 11) is 0. The van der Waals surface area contributed by atoms with E-state index in [9.17, 15) is 4.79 Å². The van der Waals surface area contributed by atoms with Crippen molar-refractivity contribution in [3.8, 4) is 11.5 Å². The van der Waals surface area contributed by atoms with Crippen molar-refractivity contribution < 1.29 is 14.3 Å². The van der Waals surface area contributed by atoms with E-state index in [1.807, 2.05) is 59.5 Å². The summed E-state index contributed by atoms with van der Waals surface area (Å²) in [6.07, 6.45) is 0.297. The normalized spacial score (nSPS) is 17.4. The molecule has 0 radical (unpaired) electrons. The Labute approximate surface area is 207 Å². The Hall–Kier alpha value is -2.60. The second-order valence-corrected chi connectivity index (χ2v) is 9.34. The van der Waals surface area contributed by atoms with Crippen LogP contribution in [0.1, 0.15) is 17.2 Å². The zero-order chi connectivity index (χ0) is 22.9. The van der Waals surface area contributed by atoms with E-state index in [1.54, 1.807) is 6.07 Å². The lowest BCUT2D eigenvalue weighted by Crippen LogP contribution is -2.51. The maximum atomic E-state index is 13.2. The Kier molecular flexibility index (Phi) is 6.28. The van der Waals surface area contributed by atoms with Gasteiger partial charge in [0, 0.05) is 29.7 Å². The molecule has 0 aliphatic carbocycles. The third-order valence-electron chi connectivity index (χ3n) is 6.00. The van der Waals surface area contributed by atoms with E-state index in [1.165, 1.54) is 0 Å². The number of ether oxygens (including phenoxy) is 2. The van der Waals surface area contributed by atoms with Gasteiger partial charge < -0.3 is 19.3 Å². The smallest absolute Gasteiger partial charge is 0.231 e. The Morgan fingerprint density at radius 1 is 0.879 bits per heavy atom. The largest absolute Gasteiger partial charge is 0.454 e. The van der Waals surface area contributed by atoms with Gasteiger partial charge in [-0.05, 0) is 53.6 Å². The number of amides is 1. The summed E-state index contributed by atoms with van der Waals surface area (Å²) >= 11 is 18.8. The molecular formula is C25H21Cl3N2O3. The molecule has 0 N–H and O–H groups in total. The zero-order valence-electron chi connectivity index (χ0n) is 17.6. The molecule has 1 amide bonds. The SMILES string of the molecule is O=C(Cc1ccc2c(c1)OCO2)N1CCN(c2ccc(Cl)cc2Cl)[C@H](c2ccc(Cl)cc2)C1. The lowest BCUT2D eigenvalue weighted by atomic mass is 10.0. The van der Waals surface area contributed by atoms with Crippen LogP contribution in [0.2, 0.25) is 15.1 Å². The third kappa shape index (κ3) is 4.72. The maximum Gasteiger partial charge on any atom is 0.231 e. The van der Waals surface area contributed by atoms with Crippen molar-refractivity contribution in [1.29, 1.82) is 0 Å². The monoisotopic (exact) mass is 502 g/mol. The van der Waals surface area contributed by atoms with Gasteiger partial charge in [-0.15, -0.1) is 0 Å². The van der Waals surface area contributed by atoms with E-state index in [0.29, 0.717) is 52.6 Å². The van der Waals surface area contributed by atoms with Gasteiger partial charge in [0.15, 0.2) is 11.5 Å². The quantitative estimate of drug-likeness (QED) is 0.437. The van der Waals surface area contributed by atoms with Gasteiger partial charge >= 0.3 is 0 Å². The second-order valence-electron chi connectivity index (χ2n) is 8.06. The Bertz CT molecular complexity index is 1190. The molecule has 5 rings (SSSR count). The summed E-state index contributed by atoms with van der Waals surface area (Å²) < 4.78 is 10.8. The first-order valence-corrected chi connectivity index (χ1v) is 11.7. The fourth-order valence-electron chi connectivity index (χ4n) is 4.32. The van der Waals surface area contributed by atoms with Crippen LogP contribution < -0.4 is 14.4 Å². The number of carbonyl (C=O) groups is 1. The molecule has 2 aliphatic rings. The Morgan fingerprint density at radius 2 is 1.64 bits per heavy atom. The number of fused-ring (bicyclic) bond motifs is 1. The highest BCUT2D eigenvalue weighted by molar-refractivity contribution is 6.36. The van der Waals surface area contributed by atoms with Crippen molar-refractivity contribution in [2.45, 2.75) is 12.5 Å². The summed E-state index contributed by atoms with van der Waals surface area (Å²) in [6, 6.07) is 18.8. The number of carbonyl (C=O) groups excluding carboxylic acids is 1. The fourth-order valence-corrected chi connectivity index (χ4v) is 4.96. The molecular weight excluding hydrogens is 483 g/mol. The minimum atomic E-state index is -0.0737. The number of rotatable bonds is 4. The molecule has 2 heterocycles. The van der Waals surface area contributed by atoms with E-state index in [2.05, 4.69) is 4.90 Å². The molecule has 3 aromatic rings. The van der Waals surface area contributed by atoms with Gasteiger partial charge in [0.2, 0.25) is 12.7 Å². The standard InChI is InChI=1S/C25H21Cl3N2O3/c26-18-4-2-17(3-5-18)22-14-29(9-10-30(22)21-7-6-19(27)13-20(21)28)25(31)12-16-1-8-23-24(11-16)33-15-32-23/h1-8,11,13,22H,9-10,12,14-15H2/t22-/m0/s1. The average Bonchev–Trinajstić information content (AvgIpc) is 3.27. The summed E-state index contributed by atoms with van der Waals surface area (Å²) in [5.74, 6) is 1.46. The van der Waals surface area contributed by atoms with Crippen LogP contribution in [-0.2, 0) is 11.2 Å². The average molecular weight is 504 g/mol. The van der Waals surface area contributed by atoms with Crippen LogP contribution in [0.5, 0.6) is 11.5 Å². The molecule has 2 aliphatic heterocycles. The van der Waals surface area contributed by atoms with Crippen molar-refractivity contribution in [2.24, 2.45) is 0 Å². The number of hydrogen-bond acceptors (Lipinski definition) is 4. The summed E-state index contributed by atoms with van der Waals surface area (Å²) in [5.41, 5.74) is 2.85. The molecule has 3 aromatic carbocycles. The van der Waals surface area contributed by atoms with Gasteiger partial charge in [0.25, 0.3) is 0 Å². The molecule has 0 unspecified atom stereocenters. The highest BCUT2D eigenvalue weighted by atomic mass is 35.5. The van der Waals surface area contributed by atoms with E-state index in [-0.39, 0.29) is 18.7 Å². The van der Waals surface area contributed by atoms with Crippen molar-refractivity contribution >= 4 is 46.4 Å². The van der Waals surface area contributed by atoms with E-state index < -0.39 is 0 Å². The Morgan fingerprint density at radius 3 is 2.42 bits per heavy atom. The number of anilines is 1. The number of piperazine rings is 1. The van der Waals surface area contributed by atoms with Gasteiger partial charge in [-0.25, -0.2) is 0 Å². The molecule has 0 saturated carbocycles. The first-order valence-electron chi connectivity index (χ1n) is 10.6. The van der Waals surface area contributed by atoms with Crippen molar-refractivity contribution in [3.63, 3.8) is 0 Å². The van der Waals surface area contributed by atoms with Crippen LogP contribution in [0.15, 0.2) is 60.7 Å². The maximum absolute atomic E-state index is 13.2. The molecule has 8 heteroatoms.